The molecule has 0 unspecified atom stereocenters. The highest BCUT2D eigenvalue weighted by atomic mass is 32.2. The van der Waals surface area contributed by atoms with Gasteiger partial charge < -0.3 is 4.90 Å². The molecular formula is C20H17FN2O3S2. The van der Waals surface area contributed by atoms with Gasteiger partial charge in [0.1, 0.15) is 16.6 Å². The van der Waals surface area contributed by atoms with Crippen LogP contribution in [0.15, 0.2) is 70.3 Å². The van der Waals surface area contributed by atoms with Gasteiger partial charge >= 0.3 is 0 Å². The van der Waals surface area contributed by atoms with Gasteiger partial charge in [-0.3, -0.25) is 9.10 Å². The number of carbonyl (C=O) groups is 1. The lowest BCUT2D eigenvalue weighted by Crippen LogP contribution is -2.42. The molecule has 0 saturated heterocycles. The van der Waals surface area contributed by atoms with Crippen molar-refractivity contribution in [3.63, 3.8) is 0 Å². The van der Waals surface area contributed by atoms with Gasteiger partial charge in [0.05, 0.1) is 5.69 Å². The number of benzene rings is 2. The number of nitrogens with zero attached hydrogens (tertiary/aromatic N) is 2. The molecule has 0 spiro atoms. The predicted octanol–water partition coefficient (Wildman–Crippen LogP) is 3.67. The van der Waals surface area contributed by atoms with Crippen molar-refractivity contribution in [2.24, 2.45) is 0 Å². The highest BCUT2D eigenvalue weighted by Crippen LogP contribution is 2.30. The van der Waals surface area contributed by atoms with E-state index < -0.39 is 15.8 Å². The first kappa shape index (κ1) is 18.6. The molecule has 1 aromatic heterocycles. The lowest BCUT2D eigenvalue weighted by Gasteiger charge is -2.26. The van der Waals surface area contributed by atoms with Crippen LogP contribution in [0.3, 0.4) is 0 Å². The number of fused-ring (bicyclic) bond motifs is 1. The third-order valence-electron chi connectivity index (χ3n) is 4.62. The number of amides is 1. The first-order valence-corrected chi connectivity index (χ1v) is 11.0. The second-order valence-electron chi connectivity index (χ2n) is 6.34. The van der Waals surface area contributed by atoms with E-state index in [0.717, 1.165) is 33.3 Å². The maximum atomic E-state index is 13.4. The third kappa shape index (κ3) is 3.41. The van der Waals surface area contributed by atoms with Gasteiger partial charge in [-0.1, -0.05) is 24.3 Å². The van der Waals surface area contributed by atoms with Gasteiger partial charge in [0.2, 0.25) is 5.91 Å². The average Bonchev–Trinajstić information content (AvgIpc) is 3.37. The van der Waals surface area contributed by atoms with Crippen molar-refractivity contribution in [3.05, 3.63) is 77.4 Å². The molecule has 2 aromatic carbocycles. The number of halogens is 1. The minimum atomic E-state index is -3.94. The zero-order chi connectivity index (χ0) is 19.7. The van der Waals surface area contributed by atoms with Gasteiger partial charge in [-0.15, -0.1) is 11.3 Å². The molecule has 0 N–H and O–H groups in total. The van der Waals surface area contributed by atoms with Crippen molar-refractivity contribution in [2.75, 3.05) is 22.3 Å². The van der Waals surface area contributed by atoms with E-state index in [4.69, 9.17) is 0 Å². The number of anilines is 2. The second-order valence-corrected chi connectivity index (χ2v) is 9.38. The van der Waals surface area contributed by atoms with E-state index in [1.165, 1.54) is 30.3 Å². The minimum Gasteiger partial charge on any atom is -0.310 e. The number of carbonyl (C=O) groups excluding carboxylic acids is 1. The smallest absolute Gasteiger partial charge is 0.274 e. The first-order chi connectivity index (χ1) is 13.5. The normalized spacial score (nSPS) is 13.4. The van der Waals surface area contributed by atoms with E-state index in [9.17, 15) is 17.6 Å². The zero-order valence-electron chi connectivity index (χ0n) is 14.8. The van der Waals surface area contributed by atoms with Gasteiger partial charge in [0.25, 0.3) is 10.0 Å². The molecule has 0 aliphatic carbocycles. The second kappa shape index (κ2) is 7.37. The fraction of sp³-hybridized carbons (Fsp3) is 0.150. The molecule has 144 valence electrons. The Morgan fingerprint density at radius 3 is 2.54 bits per heavy atom. The Kier molecular flexibility index (Phi) is 4.91. The summed E-state index contributed by atoms with van der Waals surface area (Å²) in [6, 6.07) is 15.8. The average molecular weight is 416 g/mol. The summed E-state index contributed by atoms with van der Waals surface area (Å²) >= 11 is 1.08. The quantitative estimate of drug-likeness (QED) is 0.638. The zero-order valence-corrected chi connectivity index (χ0v) is 16.4. The Hall–Kier alpha value is -2.71. The molecule has 0 radical (unpaired) electrons. The standard InChI is InChI=1S/C20H17FN2O3S2/c21-16-7-9-17(10-8-16)23(28(25,26)20-6-3-13-27-20)14-19(24)22-12-11-15-4-1-2-5-18(15)22/h1-10,13H,11-12,14H2. The molecule has 3 aromatic rings. The lowest BCUT2D eigenvalue weighted by molar-refractivity contribution is -0.117. The number of thiophene rings is 1. The van der Waals surface area contributed by atoms with Crippen LogP contribution in [0.1, 0.15) is 5.56 Å². The summed E-state index contributed by atoms with van der Waals surface area (Å²) in [5.41, 5.74) is 2.11. The van der Waals surface area contributed by atoms with Crippen LogP contribution in [-0.2, 0) is 21.2 Å². The molecule has 2 heterocycles. The van der Waals surface area contributed by atoms with E-state index in [2.05, 4.69) is 0 Å². The Balaban J connectivity index is 1.69. The molecular weight excluding hydrogens is 399 g/mol. The molecule has 1 aliphatic heterocycles. The maximum absolute atomic E-state index is 13.4. The molecule has 1 amide bonds. The van der Waals surface area contributed by atoms with Gasteiger partial charge in [-0.25, -0.2) is 12.8 Å². The Morgan fingerprint density at radius 2 is 1.82 bits per heavy atom. The molecule has 0 atom stereocenters. The summed E-state index contributed by atoms with van der Waals surface area (Å²) < 4.78 is 40.8. The first-order valence-electron chi connectivity index (χ1n) is 8.67. The molecule has 28 heavy (non-hydrogen) atoms. The van der Waals surface area contributed by atoms with E-state index >= 15 is 0 Å². The van der Waals surface area contributed by atoms with Gasteiger partial charge in [-0.2, -0.15) is 0 Å². The van der Waals surface area contributed by atoms with E-state index in [0.29, 0.717) is 6.54 Å². The largest absolute Gasteiger partial charge is 0.310 e. The lowest BCUT2D eigenvalue weighted by atomic mass is 10.2. The molecule has 4 rings (SSSR count). The highest BCUT2D eigenvalue weighted by Gasteiger charge is 2.32. The Labute approximate surface area is 166 Å². The topological polar surface area (TPSA) is 57.7 Å². The Morgan fingerprint density at radius 1 is 1.07 bits per heavy atom. The van der Waals surface area contributed by atoms with Crippen LogP contribution in [-0.4, -0.2) is 27.4 Å². The van der Waals surface area contributed by atoms with Crippen LogP contribution in [0.4, 0.5) is 15.8 Å². The number of rotatable bonds is 5. The van der Waals surface area contributed by atoms with Crippen LogP contribution in [0.25, 0.3) is 0 Å². The minimum absolute atomic E-state index is 0.131. The number of para-hydroxylation sites is 1. The molecule has 0 fully saturated rings. The number of hydrogen-bond acceptors (Lipinski definition) is 4. The maximum Gasteiger partial charge on any atom is 0.274 e. The highest BCUT2D eigenvalue weighted by molar-refractivity contribution is 7.94. The van der Waals surface area contributed by atoms with E-state index in [1.54, 1.807) is 16.3 Å². The van der Waals surface area contributed by atoms with Crippen molar-refractivity contribution in [1.29, 1.82) is 0 Å². The summed E-state index contributed by atoms with van der Waals surface area (Å²) in [4.78, 5) is 14.6. The van der Waals surface area contributed by atoms with Crippen LogP contribution in [0.5, 0.6) is 0 Å². The summed E-state index contributed by atoms with van der Waals surface area (Å²) in [5, 5.41) is 1.66. The third-order valence-corrected chi connectivity index (χ3v) is 7.77. The number of hydrogen-bond donors (Lipinski definition) is 0. The molecule has 5 nitrogen and oxygen atoms in total. The van der Waals surface area contributed by atoms with Crippen LogP contribution in [0, 0.1) is 5.82 Å². The van der Waals surface area contributed by atoms with Crippen LogP contribution < -0.4 is 9.21 Å². The predicted molar refractivity (Wildman–Crippen MR) is 108 cm³/mol. The fourth-order valence-electron chi connectivity index (χ4n) is 3.25. The molecule has 8 heteroatoms. The van der Waals surface area contributed by atoms with Crippen molar-refractivity contribution < 1.29 is 17.6 Å². The van der Waals surface area contributed by atoms with Gasteiger partial charge in [0, 0.05) is 12.2 Å². The van der Waals surface area contributed by atoms with Crippen molar-refractivity contribution in [3.8, 4) is 0 Å². The summed E-state index contributed by atoms with van der Waals surface area (Å²) in [6.07, 6.45) is 0.732. The van der Waals surface area contributed by atoms with Crippen molar-refractivity contribution in [1.82, 2.24) is 0 Å². The SMILES string of the molecule is O=C(CN(c1ccc(F)cc1)S(=O)(=O)c1cccs1)N1CCc2ccccc21. The van der Waals surface area contributed by atoms with Gasteiger partial charge in [-0.05, 0) is 53.8 Å². The molecule has 1 aliphatic rings. The summed E-state index contributed by atoms with van der Waals surface area (Å²) in [7, 11) is -3.94. The van der Waals surface area contributed by atoms with E-state index in [-0.39, 0.29) is 22.3 Å². The summed E-state index contributed by atoms with van der Waals surface area (Å²) in [5.74, 6) is -0.800. The molecule has 0 bridgehead atoms. The number of sulfonamides is 1. The van der Waals surface area contributed by atoms with Crippen molar-refractivity contribution in [2.45, 2.75) is 10.6 Å². The van der Waals surface area contributed by atoms with E-state index in [1.807, 2.05) is 24.3 Å². The van der Waals surface area contributed by atoms with Gasteiger partial charge in [0.15, 0.2) is 0 Å². The fourth-order valence-corrected chi connectivity index (χ4v) is 5.77. The van der Waals surface area contributed by atoms with Crippen molar-refractivity contribution >= 4 is 38.6 Å². The van der Waals surface area contributed by atoms with Crippen LogP contribution in [0.2, 0.25) is 0 Å². The Bertz CT molecular complexity index is 1100. The molecule has 0 saturated carbocycles. The van der Waals surface area contributed by atoms with Crippen LogP contribution >= 0.6 is 11.3 Å². The monoisotopic (exact) mass is 416 g/mol. The summed E-state index contributed by atoms with van der Waals surface area (Å²) in [6.45, 7) is 0.148.